The lowest BCUT2D eigenvalue weighted by Crippen LogP contribution is -2.39. The number of carbonyl (C=O) groups excluding carboxylic acids is 10. The van der Waals surface area contributed by atoms with Crippen molar-refractivity contribution in [1.82, 2.24) is 0 Å². The van der Waals surface area contributed by atoms with Crippen molar-refractivity contribution in [3.63, 3.8) is 0 Å². The number of Topliss-reactive ketones (excluding diaryl/α,β-unsaturated/α-hetero) is 2. The second kappa shape index (κ2) is 16.5. The van der Waals surface area contributed by atoms with E-state index in [4.69, 9.17) is 18.9 Å². The first kappa shape index (κ1) is 39.5. The van der Waals surface area contributed by atoms with Crippen molar-refractivity contribution >= 4 is 59.3 Å². The molecule has 0 spiro atoms. The summed E-state index contributed by atoms with van der Waals surface area (Å²) in [5, 5.41) is 0. The number of hydrogen-bond donors (Lipinski definition) is 0. The highest BCUT2D eigenvalue weighted by Crippen LogP contribution is 2.30. The highest BCUT2D eigenvalue weighted by Gasteiger charge is 2.49. The number of hydrogen-bond acceptors (Lipinski definition) is 14. The highest BCUT2D eigenvalue weighted by molar-refractivity contribution is 6.50. The Labute approximate surface area is 317 Å². The van der Waals surface area contributed by atoms with Crippen LogP contribution in [0, 0.1) is 27.7 Å². The van der Waals surface area contributed by atoms with Gasteiger partial charge in [-0.15, -0.1) is 0 Å². The lowest BCUT2D eigenvalue weighted by atomic mass is 9.83. The minimum Gasteiger partial charge on any atom is -0.386 e. The maximum absolute atomic E-state index is 14.2. The van der Waals surface area contributed by atoms with Gasteiger partial charge in [-0.1, -0.05) is 70.8 Å². The minimum atomic E-state index is -2.00. The molecule has 0 bridgehead atoms. The van der Waals surface area contributed by atoms with E-state index < -0.39 is 81.6 Å². The topological polar surface area (TPSA) is 208 Å². The molecule has 1 aliphatic rings. The molecule has 0 saturated heterocycles. The van der Waals surface area contributed by atoms with Crippen molar-refractivity contribution < 1.29 is 66.9 Å². The molecule has 0 heterocycles. The zero-order chi connectivity index (χ0) is 40.8. The normalized spacial score (nSPS) is 12.4. The second-order valence-electron chi connectivity index (χ2n) is 12.3. The van der Waals surface area contributed by atoms with E-state index in [0.29, 0.717) is 22.3 Å². The number of benzene rings is 4. The molecule has 14 heteroatoms. The molecule has 0 saturated carbocycles. The number of aryl methyl sites for hydroxylation is 4. The number of carbonyl (C=O) groups is 10. The summed E-state index contributed by atoms with van der Waals surface area (Å²) in [6, 6.07) is 21.8. The SMILES string of the molecule is Cc1ccc(C(=O)OC(=O)C2=C(C(=O)OC(=O)c3ccc(C)cc3)C(=O)C(C(=O)OC(=O)c3ccc(C)cc3)=C(C(=O)OC(=O)c3ccc(C)cc3)C2=O)cc1. The zero-order valence-corrected chi connectivity index (χ0v) is 30.0. The van der Waals surface area contributed by atoms with Crippen LogP contribution in [0.5, 0.6) is 0 Å². The molecule has 0 aromatic heterocycles. The van der Waals surface area contributed by atoms with Crippen molar-refractivity contribution in [3.8, 4) is 0 Å². The van der Waals surface area contributed by atoms with Crippen LogP contribution in [0.4, 0.5) is 0 Å². The average Bonchev–Trinajstić information content (AvgIpc) is 3.15. The summed E-state index contributed by atoms with van der Waals surface area (Å²) >= 11 is 0. The van der Waals surface area contributed by atoms with E-state index in [1.54, 1.807) is 27.7 Å². The predicted molar refractivity (Wildman–Crippen MR) is 190 cm³/mol. The van der Waals surface area contributed by atoms with Gasteiger partial charge in [-0.05, 0) is 76.2 Å². The van der Waals surface area contributed by atoms with E-state index >= 15 is 0 Å². The summed E-state index contributed by atoms with van der Waals surface area (Å²) in [6.07, 6.45) is 0. The highest BCUT2D eigenvalue weighted by atomic mass is 16.6. The van der Waals surface area contributed by atoms with Gasteiger partial charge in [0.15, 0.2) is 0 Å². The van der Waals surface area contributed by atoms with Crippen LogP contribution in [0.2, 0.25) is 0 Å². The Morgan fingerprint density at radius 1 is 0.286 bits per heavy atom. The monoisotopic (exact) mass is 756 g/mol. The maximum atomic E-state index is 14.2. The summed E-state index contributed by atoms with van der Waals surface area (Å²) in [5.41, 5.74) is -4.65. The van der Waals surface area contributed by atoms with Crippen molar-refractivity contribution in [2.24, 2.45) is 0 Å². The van der Waals surface area contributed by atoms with E-state index in [1.807, 2.05) is 0 Å². The van der Waals surface area contributed by atoms with E-state index in [9.17, 15) is 47.9 Å². The molecular formula is C42H28O14. The van der Waals surface area contributed by atoms with Crippen LogP contribution in [0.3, 0.4) is 0 Å². The van der Waals surface area contributed by atoms with Crippen LogP contribution < -0.4 is 0 Å². The van der Waals surface area contributed by atoms with Crippen LogP contribution >= 0.6 is 0 Å². The summed E-state index contributed by atoms with van der Waals surface area (Å²) in [7, 11) is 0. The number of ether oxygens (including phenoxy) is 4. The first-order chi connectivity index (χ1) is 26.5. The molecule has 14 nitrogen and oxygen atoms in total. The molecule has 0 radical (unpaired) electrons. The van der Waals surface area contributed by atoms with Gasteiger partial charge < -0.3 is 18.9 Å². The lowest BCUT2D eigenvalue weighted by molar-refractivity contribution is -0.143. The molecule has 4 aromatic carbocycles. The lowest BCUT2D eigenvalue weighted by Gasteiger charge is -2.20. The van der Waals surface area contributed by atoms with Crippen molar-refractivity contribution in [1.29, 1.82) is 0 Å². The van der Waals surface area contributed by atoms with Crippen LogP contribution in [0.25, 0.3) is 0 Å². The van der Waals surface area contributed by atoms with E-state index in [0.717, 1.165) is 0 Å². The Bertz CT molecular complexity index is 2090. The fourth-order valence-corrected chi connectivity index (χ4v) is 5.02. The van der Waals surface area contributed by atoms with E-state index in [-0.39, 0.29) is 22.3 Å². The Morgan fingerprint density at radius 2 is 0.446 bits per heavy atom. The van der Waals surface area contributed by atoms with Crippen LogP contribution in [0.1, 0.15) is 63.7 Å². The molecule has 0 fully saturated rings. The standard InChI is InChI=1S/C42H28O14/c1-21-5-13-25(14-6-21)35(45)53-39(49)29-30(40(50)54-36(46)26-15-7-22(2)8-16-26)34(44)32(42(52)56-38(48)28-19-11-24(4)12-20-28)31(33(29)43)41(51)55-37(47)27-17-9-23(3)10-18-27/h5-20H,1-4H3. The summed E-state index contributed by atoms with van der Waals surface area (Å²) < 4.78 is 19.3. The molecule has 0 unspecified atom stereocenters. The fraction of sp³-hybridized carbons (Fsp3) is 0.0952. The molecule has 5 rings (SSSR count). The van der Waals surface area contributed by atoms with Crippen LogP contribution in [-0.4, -0.2) is 59.3 Å². The van der Waals surface area contributed by atoms with Gasteiger partial charge in [0.05, 0.1) is 22.3 Å². The third-order valence-corrected chi connectivity index (χ3v) is 8.12. The Kier molecular flexibility index (Phi) is 11.6. The smallest absolute Gasteiger partial charge is 0.351 e. The molecule has 0 N–H and O–H groups in total. The third-order valence-electron chi connectivity index (χ3n) is 8.12. The molecule has 0 aliphatic heterocycles. The first-order valence-electron chi connectivity index (χ1n) is 16.5. The van der Waals surface area contributed by atoms with Gasteiger partial charge in [0.2, 0.25) is 11.6 Å². The molecule has 56 heavy (non-hydrogen) atoms. The van der Waals surface area contributed by atoms with Crippen LogP contribution in [-0.2, 0) is 47.7 Å². The molecule has 0 atom stereocenters. The van der Waals surface area contributed by atoms with Gasteiger partial charge in [0, 0.05) is 0 Å². The molecule has 280 valence electrons. The Morgan fingerprint density at radius 3 is 0.607 bits per heavy atom. The largest absolute Gasteiger partial charge is 0.386 e. The quantitative estimate of drug-likeness (QED) is 0.0798. The first-order valence-corrected chi connectivity index (χ1v) is 16.5. The average molecular weight is 757 g/mol. The summed E-state index contributed by atoms with van der Waals surface area (Å²) in [4.78, 5) is 135. The summed E-state index contributed by atoms with van der Waals surface area (Å²) in [5.74, 6) is -17.5. The van der Waals surface area contributed by atoms with Gasteiger partial charge in [-0.3, -0.25) is 9.59 Å². The van der Waals surface area contributed by atoms with Gasteiger partial charge in [-0.2, -0.15) is 0 Å². The molecule has 1 aliphatic carbocycles. The van der Waals surface area contributed by atoms with Crippen molar-refractivity contribution in [3.05, 3.63) is 164 Å². The number of ketones is 2. The number of rotatable bonds is 8. The third kappa shape index (κ3) is 8.72. The van der Waals surface area contributed by atoms with Crippen molar-refractivity contribution in [2.45, 2.75) is 27.7 Å². The van der Waals surface area contributed by atoms with Gasteiger partial charge >= 0.3 is 47.8 Å². The Balaban J connectivity index is 1.62. The van der Waals surface area contributed by atoms with Crippen molar-refractivity contribution in [2.75, 3.05) is 0 Å². The van der Waals surface area contributed by atoms with Gasteiger partial charge in [0.25, 0.3) is 0 Å². The van der Waals surface area contributed by atoms with Crippen LogP contribution in [0.15, 0.2) is 119 Å². The van der Waals surface area contributed by atoms with E-state index in [1.165, 1.54) is 97.1 Å². The second-order valence-corrected chi connectivity index (χ2v) is 12.3. The van der Waals surface area contributed by atoms with Gasteiger partial charge in [0.1, 0.15) is 22.3 Å². The Hall–Kier alpha value is -7.74. The molecule has 0 amide bonds. The van der Waals surface area contributed by atoms with E-state index in [2.05, 4.69) is 0 Å². The molecular weight excluding hydrogens is 728 g/mol. The maximum Gasteiger partial charge on any atom is 0.351 e. The summed E-state index contributed by atoms with van der Waals surface area (Å²) in [6.45, 7) is 6.78. The predicted octanol–water partition coefficient (Wildman–Crippen LogP) is 4.50. The van der Waals surface area contributed by atoms with Gasteiger partial charge in [-0.25, -0.2) is 38.4 Å². The minimum absolute atomic E-state index is 0.226. The molecule has 4 aromatic rings. The fourth-order valence-electron chi connectivity index (χ4n) is 5.02. The zero-order valence-electron chi connectivity index (χ0n) is 30.0. The number of esters is 8.